The normalized spacial score (nSPS) is 18.1. The minimum absolute atomic E-state index is 0.368. The maximum atomic E-state index is 4.82. The van der Waals surface area contributed by atoms with Gasteiger partial charge in [-0.2, -0.15) is 0 Å². The molecule has 0 saturated carbocycles. The summed E-state index contributed by atoms with van der Waals surface area (Å²) in [7, 11) is 0. The van der Waals surface area contributed by atoms with Gasteiger partial charge in [0.2, 0.25) is 0 Å². The van der Waals surface area contributed by atoms with Crippen LogP contribution in [0.5, 0.6) is 0 Å². The van der Waals surface area contributed by atoms with E-state index in [1.165, 1.54) is 33.2 Å². The second-order valence-corrected chi connectivity index (χ2v) is 6.49. The molecule has 2 aliphatic carbocycles. The molecular weight excluding hydrogens is 290 g/mol. The van der Waals surface area contributed by atoms with Crippen LogP contribution in [0.15, 0.2) is 78.4 Å². The molecule has 0 saturated heterocycles. The number of fused-ring (bicyclic) bond motifs is 4. The lowest BCUT2D eigenvalue weighted by Gasteiger charge is -2.21. The maximum absolute atomic E-state index is 4.82. The summed E-state index contributed by atoms with van der Waals surface area (Å²) in [5.74, 6) is 0.368. The second-order valence-electron chi connectivity index (χ2n) is 6.49. The van der Waals surface area contributed by atoms with Gasteiger partial charge in [0.15, 0.2) is 0 Å². The van der Waals surface area contributed by atoms with Crippen LogP contribution in [0.1, 0.15) is 28.3 Å². The number of aromatic nitrogens is 1. The van der Waals surface area contributed by atoms with Crippen molar-refractivity contribution in [3.63, 3.8) is 0 Å². The van der Waals surface area contributed by atoms with E-state index in [1.54, 1.807) is 0 Å². The van der Waals surface area contributed by atoms with Crippen molar-refractivity contribution in [3.05, 3.63) is 101 Å². The summed E-state index contributed by atoms with van der Waals surface area (Å²) in [6.07, 6.45) is 9.05. The monoisotopic (exact) mass is 307 g/mol. The first kappa shape index (κ1) is 13.5. The number of hydrogen-bond acceptors (Lipinski definition) is 1. The summed E-state index contributed by atoms with van der Waals surface area (Å²) in [4.78, 5) is 4.82. The van der Waals surface area contributed by atoms with Gasteiger partial charge in [-0.3, -0.25) is 4.98 Å². The van der Waals surface area contributed by atoms with Crippen molar-refractivity contribution in [2.75, 3.05) is 0 Å². The Labute approximate surface area is 141 Å². The number of benzene rings is 2. The molecule has 0 fully saturated rings. The van der Waals surface area contributed by atoms with Gasteiger partial charge in [0.05, 0.1) is 5.52 Å². The van der Waals surface area contributed by atoms with Crippen LogP contribution < -0.4 is 0 Å². The molecule has 0 N–H and O–H groups in total. The molecule has 1 heterocycles. The molecule has 2 aliphatic rings. The van der Waals surface area contributed by atoms with Crippen LogP contribution in [0.25, 0.3) is 22.6 Å². The van der Waals surface area contributed by atoms with E-state index in [1.807, 2.05) is 6.07 Å². The van der Waals surface area contributed by atoms with Crippen molar-refractivity contribution in [2.45, 2.75) is 12.8 Å². The first-order chi connectivity index (χ1) is 11.8. The minimum Gasteiger partial charge on any atom is -0.252 e. The van der Waals surface area contributed by atoms with E-state index >= 15 is 0 Å². The highest BCUT2D eigenvalue weighted by Gasteiger charge is 2.28. The van der Waals surface area contributed by atoms with E-state index in [2.05, 4.69) is 79.8 Å². The molecule has 0 aliphatic heterocycles. The molecule has 2 aromatic carbocycles. The van der Waals surface area contributed by atoms with Crippen molar-refractivity contribution < 1.29 is 0 Å². The summed E-state index contributed by atoms with van der Waals surface area (Å²) in [5.41, 5.74) is 8.81. The van der Waals surface area contributed by atoms with Gasteiger partial charge in [-0.25, -0.2) is 0 Å². The molecule has 1 aromatic heterocycles. The molecule has 3 aromatic rings. The third kappa shape index (κ3) is 1.91. The Morgan fingerprint density at radius 3 is 2.75 bits per heavy atom. The number of pyridine rings is 1. The Balaban J connectivity index is 1.70. The number of nitrogens with zero attached hydrogens (tertiary/aromatic N) is 1. The number of hydrogen-bond donors (Lipinski definition) is 0. The van der Waals surface area contributed by atoms with Crippen molar-refractivity contribution in [3.8, 4) is 0 Å². The molecule has 5 rings (SSSR count). The van der Waals surface area contributed by atoms with Crippen molar-refractivity contribution in [1.29, 1.82) is 0 Å². The summed E-state index contributed by atoms with van der Waals surface area (Å²) in [6.45, 7) is 2.11. The largest absolute Gasteiger partial charge is 0.252 e. The second kappa shape index (κ2) is 5.04. The standard InChI is InChI=1S/C23H17N/c1-15-21(14-17-8-3-5-12-23(17)24-15)20-11-6-10-19-18-9-4-2-7-16(18)13-22(19)20/h2-14,19H,1H3. The average molecular weight is 307 g/mol. The molecule has 1 unspecified atom stereocenters. The van der Waals surface area contributed by atoms with Crippen molar-refractivity contribution >= 4 is 22.6 Å². The fraction of sp³-hybridized carbons (Fsp3) is 0.0870. The van der Waals surface area contributed by atoms with E-state index in [0.29, 0.717) is 5.92 Å². The number of allylic oxidation sites excluding steroid dienone is 5. The van der Waals surface area contributed by atoms with Crippen molar-refractivity contribution in [2.24, 2.45) is 0 Å². The van der Waals surface area contributed by atoms with Gasteiger partial charge in [0.25, 0.3) is 0 Å². The highest BCUT2D eigenvalue weighted by molar-refractivity contribution is 5.95. The molecule has 1 heteroatoms. The summed E-state index contributed by atoms with van der Waals surface area (Å²) in [6, 6.07) is 19.3. The lowest BCUT2D eigenvalue weighted by atomic mass is 9.83. The van der Waals surface area contributed by atoms with E-state index in [4.69, 9.17) is 4.98 Å². The van der Waals surface area contributed by atoms with Gasteiger partial charge in [-0.05, 0) is 47.4 Å². The third-order valence-corrected chi connectivity index (χ3v) is 5.06. The number of rotatable bonds is 1. The minimum atomic E-state index is 0.368. The Morgan fingerprint density at radius 2 is 1.79 bits per heavy atom. The summed E-state index contributed by atoms with van der Waals surface area (Å²) in [5, 5.41) is 1.20. The van der Waals surface area contributed by atoms with Gasteiger partial charge in [0.1, 0.15) is 0 Å². The van der Waals surface area contributed by atoms with Crippen LogP contribution in [-0.2, 0) is 0 Å². The van der Waals surface area contributed by atoms with Crippen LogP contribution in [0.2, 0.25) is 0 Å². The molecule has 0 amide bonds. The van der Waals surface area contributed by atoms with E-state index in [-0.39, 0.29) is 0 Å². The lowest BCUT2D eigenvalue weighted by Crippen LogP contribution is -2.03. The number of para-hydroxylation sites is 1. The Bertz CT molecular complexity index is 1070. The van der Waals surface area contributed by atoms with Crippen LogP contribution >= 0.6 is 0 Å². The molecule has 24 heavy (non-hydrogen) atoms. The molecule has 0 bridgehead atoms. The van der Waals surface area contributed by atoms with Gasteiger partial charge in [0, 0.05) is 22.6 Å². The van der Waals surface area contributed by atoms with Crippen LogP contribution in [0.3, 0.4) is 0 Å². The van der Waals surface area contributed by atoms with Crippen LogP contribution in [-0.4, -0.2) is 4.98 Å². The zero-order chi connectivity index (χ0) is 16.1. The molecule has 0 spiro atoms. The zero-order valence-electron chi connectivity index (χ0n) is 13.5. The highest BCUT2D eigenvalue weighted by Crippen LogP contribution is 2.46. The quantitative estimate of drug-likeness (QED) is 0.564. The average Bonchev–Trinajstić information content (AvgIpc) is 3.00. The smallest absolute Gasteiger partial charge is 0.0705 e. The van der Waals surface area contributed by atoms with Gasteiger partial charge in [-0.15, -0.1) is 0 Å². The first-order valence-corrected chi connectivity index (χ1v) is 8.37. The summed E-state index contributed by atoms with van der Waals surface area (Å²) < 4.78 is 0. The fourth-order valence-electron chi connectivity index (χ4n) is 3.89. The number of aryl methyl sites for hydroxylation is 1. The molecule has 114 valence electrons. The molecule has 1 nitrogen and oxygen atoms in total. The topological polar surface area (TPSA) is 12.9 Å². The van der Waals surface area contributed by atoms with Gasteiger partial charge in [-0.1, -0.05) is 60.7 Å². The van der Waals surface area contributed by atoms with E-state index in [9.17, 15) is 0 Å². The zero-order valence-corrected chi connectivity index (χ0v) is 13.5. The SMILES string of the molecule is Cc1nc2ccccc2cc1C1=CC=CC2C1=Cc1ccccc12. The van der Waals surface area contributed by atoms with Crippen LogP contribution in [0.4, 0.5) is 0 Å². The lowest BCUT2D eigenvalue weighted by molar-refractivity contribution is 1.05. The third-order valence-electron chi connectivity index (χ3n) is 5.06. The Kier molecular flexibility index (Phi) is 2.83. The van der Waals surface area contributed by atoms with E-state index < -0.39 is 0 Å². The first-order valence-electron chi connectivity index (χ1n) is 8.37. The predicted octanol–water partition coefficient (Wildman–Crippen LogP) is 5.68. The molecule has 1 atom stereocenters. The van der Waals surface area contributed by atoms with Crippen LogP contribution in [0, 0.1) is 6.92 Å². The highest BCUT2D eigenvalue weighted by atomic mass is 14.7. The molecular formula is C23H17N. The van der Waals surface area contributed by atoms with Gasteiger partial charge < -0.3 is 0 Å². The summed E-state index contributed by atoms with van der Waals surface area (Å²) >= 11 is 0. The Hall–Kier alpha value is -2.93. The predicted molar refractivity (Wildman–Crippen MR) is 101 cm³/mol. The van der Waals surface area contributed by atoms with Gasteiger partial charge >= 0.3 is 0 Å². The Morgan fingerprint density at radius 1 is 0.958 bits per heavy atom. The molecule has 0 radical (unpaired) electrons. The van der Waals surface area contributed by atoms with Crippen molar-refractivity contribution in [1.82, 2.24) is 4.98 Å². The fourth-order valence-corrected chi connectivity index (χ4v) is 3.89. The van der Waals surface area contributed by atoms with E-state index in [0.717, 1.165) is 11.2 Å². The maximum Gasteiger partial charge on any atom is 0.0705 e.